The third-order valence-corrected chi connectivity index (χ3v) is 46.4. The predicted octanol–water partition coefficient (Wildman–Crippen LogP) is 21.9. The van der Waals surface area contributed by atoms with Gasteiger partial charge in [-0.1, -0.05) is 180 Å². The van der Waals surface area contributed by atoms with Crippen molar-refractivity contribution in [1.82, 2.24) is 30.7 Å². The molecule has 146 heavy (non-hydrogen) atoms. The van der Waals surface area contributed by atoms with E-state index in [1.165, 1.54) is 122 Å². The van der Waals surface area contributed by atoms with Crippen LogP contribution >= 0.6 is 239 Å². The number of hydrogen-bond donors (Lipinski definition) is 6. The SMILES string of the molecule is CC.CC.CC(C)C(=O)OCC(C)(C)C(O)C(C)C.CCCC.CCN(CC)C(=O)c1cccc(S(=O)(=O)C(Br)(Br)Br)c1.CN(C)C(=O)c1cccc(S(=O)(=O)C(Br)(Br)Br)c1.CNC(=O)c1cccc(S(=O)(=O)C(Br)(Br)Br)c1.Cc1ccc(C(=O)O)c(C(=O)O)c1.Cc1ccc(S(=O)(=O)[O-])c2ccccc12.O=C(c1cccc(S(=O)(=O)C(Br)(Br)Br)c1)N1CCCC1.O=C1NCCN1.O=S(=O)(c1ccccc1)C(Br)(Br)Br.[Na+]. The first-order valence-electron chi connectivity index (χ1n) is 43.4. The number of aliphatic hydroxyl groups excluding tert-OH is 1. The smallest absolute Gasteiger partial charge is 0.744 e. The first-order chi connectivity index (χ1) is 66.5. The van der Waals surface area contributed by atoms with Gasteiger partial charge < -0.3 is 55.3 Å². The van der Waals surface area contributed by atoms with E-state index in [1.807, 2.05) is 82.2 Å². The van der Waals surface area contributed by atoms with E-state index < -0.39 is 90.1 Å². The number of unbranched alkanes of at least 4 members (excludes halogenated alkanes) is 1. The van der Waals surface area contributed by atoms with E-state index in [-0.39, 0.29) is 130 Å². The van der Waals surface area contributed by atoms with Crippen LogP contribution in [-0.2, 0) is 68.8 Å². The third-order valence-electron chi connectivity index (χ3n) is 18.9. The Balaban J connectivity index is -0.00000157. The molecule has 31 nitrogen and oxygen atoms in total. The van der Waals surface area contributed by atoms with Crippen molar-refractivity contribution in [3.05, 3.63) is 226 Å². The van der Waals surface area contributed by atoms with Crippen molar-refractivity contribution >= 4 is 357 Å². The van der Waals surface area contributed by atoms with Gasteiger partial charge in [0.25, 0.3) is 23.6 Å². The van der Waals surface area contributed by atoms with Crippen LogP contribution in [0.25, 0.3) is 10.8 Å². The van der Waals surface area contributed by atoms with Crippen LogP contribution in [0.15, 0.2) is 211 Å². The average molecular weight is 3130 g/mol. The number of alkyl halides is 15. The molecule has 0 saturated carbocycles. The van der Waals surface area contributed by atoms with Crippen LogP contribution < -0.4 is 45.5 Å². The number of nitrogens with one attached hydrogen (secondary N) is 3. The van der Waals surface area contributed by atoms with Crippen LogP contribution in [0.5, 0.6) is 0 Å². The van der Waals surface area contributed by atoms with E-state index in [1.54, 1.807) is 124 Å². The summed E-state index contributed by atoms with van der Waals surface area (Å²) in [6, 6.07) is 46.1. The second-order valence-electron chi connectivity index (χ2n) is 31.1. The van der Waals surface area contributed by atoms with Crippen LogP contribution in [-0.4, -0.2) is 213 Å². The summed E-state index contributed by atoms with van der Waals surface area (Å²) in [6.07, 6.45) is 4.17. The molecular weight excluding hydrogens is 3010 g/mol. The minimum Gasteiger partial charge on any atom is -0.744 e. The van der Waals surface area contributed by atoms with Gasteiger partial charge in [0, 0.05) is 88.1 Å². The second-order valence-corrected chi connectivity index (χ2v) is 84.6. The molecule has 53 heteroatoms. The van der Waals surface area contributed by atoms with Gasteiger partial charge in [-0.3, -0.25) is 24.0 Å². The maximum atomic E-state index is 12.3. The van der Waals surface area contributed by atoms with Crippen LogP contribution in [0.2, 0.25) is 0 Å². The number of aryl methyl sites for hydroxylation is 2. The monoisotopic (exact) mass is 3120 g/mol. The Morgan fingerprint density at radius 1 is 0.466 bits per heavy atom. The van der Waals surface area contributed by atoms with Crippen LogP contribution in [0, 0.1) is 31.1 Å². The summed E-state index contributed by atoms with van der Waals surface area (Å²) < 4.78 is 152. The number of benzene rings is 8. The number of hydrogen-bond acceptors (Lipinski definition) is 23. The van der Waals surface area contributed by atoms with Gasteiger partial charge in [-0.25, -0.2) is 64.9 Å². The number of aliphatic hydroxyl groups is 1. The van der Waals surface area contributed by atoms with Gasteiger partial charge in [0.05, 0.1) is 59.1 Å². The summed E-state index contributed by atoms with van der Waals surface area (Å²) in [6.45, 7) is 35.5. The van der Waals surface area contributed by atoms with Crippen molar-refractivity contribution in [1.29, 1.82) is 0 Å². The predicted molar refractivity (Wildman–Crippen MR) is 626 cm³/mol. The van der Waals surface area contributed by atoms with E-state index in [0.717, 1.165) is 55.5 Å². The molecule has 2 saturated heterocycles. The Labute approximate surface area is 1010 Å². The molecule has 6 N–H and O–H groups in total. The summed E-state index contributed by atoms with van der Waals surface area (Å²) in [4.78, 5) is 95.2. The molecule has 1 unspecified atom stereocenters. The summed E-state index contributed by atoms with van der Waals surface area (Å²) in [5.74, 6) is -3.50. The van der Waals surface area contributed by atoms with Crippen LogP contribution in [0.3, 0.4) is 0 Å². The molecule has 812 valence electrons. The second kappa shape index (κ2) is 68.1. The number of carbonyl (C=O) groups excluding carboxylic acids is 6. The number of urea groups is 1. The molecule has 0 radical (unpaired) electrons. The summed E-state index contributed by atoms with van der Waals surface area (Å²) in [7, 11) is -17.9. The van der Waals surface area contributed by atoms with Gasteiger partial charge in [0.2, 0.25) is 56.6 Å². The normalized spacial score (nSPS) is 12.7. The molecule has 0 aliphatic carbocycles. The third kappa shape index (κ3) is 48.2. The number of aromatic carboxylic acids is 2. The van der Waals surface area contributed by atoms with Crippen molar-refractivity contribution in [2.24, 2.45) is 17.3 Å². The maximum Gasteiger partial charge on any atom is 1.00 e. The Morgan fingerprint density at radius 3 is 1.14 bits per heavy atom. The topological polar surface area (TPSA) is 480 Å². The fourth-order valence-corrected chi connectivity index (χ4v) is 24.3. The van der Waals surface area contributed by atoms with Crippen molar-refractivity contribution in [3.8, 4) is 0 Å². The molecule has 0 spiro atoms. The number of carbonyl (C=O) groups is 8. The van der Waals surface area contributed by atoms with Gasteiger partial charge in [0.1, 0.15) is 10.1 Å². The van der Waals surface area contributed by atoms with Gasteiger partial charge in [-0.2, -0.15) is 0 Å². The number of sulfone groups is 5. The number of esters is 1. The zero-order valence-corrected chi connectivity index (χ0v) is 114. The molecular formula is C93H118Br15N6NaO25S6. The fraction of sp³-hybridized carbons (Fsp3) is 0.419. The Hall–Kier alpha value is -2.60. The number of nitrogens with zero attached hydrogens (tertiary/aromatic N) is 3. The van der Waals surface area contributed by atoms with Crippen molar-refractivity contribution < 1.29 is 143 Å². The van der Waals surface area contributed by atoms with Crippen LogP contribution in [0.4, 0.5) is 4.79 Å². The van der Waals surface area contributed by atoms with E-state index in [4.69, 9.17) is 14.9 Å². The number of fused-ring (bicyclic) bond motifs is 1. The van der Waals surface area contributed by atoms with Gasteiger partial charge in [0.15, 0.2) is 0 Å². The number of carboxylic acids is 2. The molecule has 2 heterocycles. The zero-order valence-electron chi connectivity index (χ0n) is 83.1. The molecule has 2 aliphatic rings. The Morgan fingerprint density at radius 2 is 0.808 bits per heavy atom. The number of ether oxygens (including phenoxy) is 1. The van der Waals surface area contributed by atoms with Crippen molar-refractivity contribution in [2.75, 3.05) is 67.0 Å². The molecule has 8 aromatic carbocycles. The molecule has 2 aliphatic heterocycles. The first-order valence-corrected chi connectivity index (χ1v) is 64.2. The summed E-state index contributed by atoms with van der Waals surface area (Å²) in [5, 5.41) is 36.1. The standard InChI is InChI=1S/C12H12Br3NO3S.C12H14Br3NO3S.C12H24O3.C11H10O3S.C10H10Br3NO3S.C9H8Br3NO3S.C9H8O4.C7H5Br3O2S.C4H10.C3H6N2O.2C2H6.Na/c13-12(14,15)20(18,19)10-5-3-4-9(8-10)11(17)16-6-1-2-7-16;1-3-16(4-2)11(17)9-6-5-7-10(8-9)20(18,19)12(13,14)15;1-8(2)10(13)12(5,6)7-15-11(14)9(3)4;1-8-6-7-11(15(12,13)14)10-5-3-2-4-9(8)10;1-14(2)9(15)7-4-3-5-8(6-7)18(16,17)10(11,12)13;1-13-8(14)6-3-2-4-7(5-6)17(15,16)9(10,11)12;1-5-2-3-6(8(10)11)7(4-5)9(12)13;8-7(9,10)13(11,12)6-4-2-1-3-5-6;1-3-4-2;6-3-4-1-2-5-3;2*1-2;/h3-5,8H,1-2,6-7H2;5-8H,3-4H2,1-2H3;8-10,13H,7H2,1-6H3;2-7H,1H3,(H,12,13,14);3-6H,1-2H3;2-5H,1H3,(H,13,14);2-4H,1H3,(H,10,11)(H,12,13);1-5H;3-4H2,1-2H3;1-2H2,(H2,4,5,6);2*1-2H3;/q;;;;;;;;;;;;+1/p-1. The minimum absolute atomic E-state index is 0. The molecule has 0 aromatic heterocycles. The fourth-order valence-electron chi connectivity index (χ4n) is 11.1. The summed E-state index contributed by atoms with van der Waals surface area (Å²) >= 11 is 44.8. The van der Waals surface area contributed by atoms with E-state index in [0.29, 0.717) is 35.2 Å². The number of carboxylic acid groups (broad SMARTS) is 2. The minimum atomic E-state index is -4.40. The van der Waals surface area contributed by atoms with E-state index in [2.05, 4.69) is 269 Å². The van der Waals surface area contributed by atoms with Crippen molar-refractivity contribution in [2.45, 2.75) is 179 Å². The van der Waals surface area contributed by atoms with E-state index >= 15 is 0 Å². The average Bonchev–Trinajstić information content (AvgIpc) is 1.02. The molecule has 10 rings (SSSR count). The molecule has 0 bridgehead atoms. The largest absolute Gasteiger partial charge is 1.00 e. The van der Waals surface area contributed by atoms with Crippen LogP contribution in [0.1, 0.15) is 196 Å². The zero-order chi connectivity index (χ0) is 113. The summed E-state index contributed by atoms with van der Waals surface area (Å²) in [5.41, 5.74) is 2.28. The van der Waals surface area contributed by atoms with Crippen molar-refractivity contribution in [3.63, 3.8) is 0 Å². The number of halogens is 15. The number of likely N-dealkylation sites (tertiary alicyclic amines) is 1. The molecule has 2 fully saturated rings. The number of rotatable bonds is 20. The first kappa shape index (κ1) is 148. The maximum absolute atomic E-state index is 12.3. The molecule has 8 aromatic rings. The quantitative estimate of drug-likeness (QED) is 0.0179. The van der Waals surface area contributed by atoms with E-state index in [9.17, 15) is 98.5 Å². The molecule has 6 amide bonds. The Bertz CT molecular complexity index is 6220. The number of amides is 6. The van der Waals surface area contributed by atoms with Gasteiger partial charge in [-0.15, -0.1) is 0 Å². The van der Waals surface area contributed by atoms with Gasteiger partial charge >= 0.3 is 53.5 Å². The van der Waals surface area contributed by atoms with Gasteiger partial charge in [-0.05, 0) is 405 Å². The Kier molecular flexibility index (Phi) is 68.9. The molecule has 1 atom stereocenters.